The highest BCUT2D eigenvalue weighted by molar-refractivity contribution is 5.78. The minimum atomic E-state index is -0.312. The number of ether oxygens (including phenoxy) is 4. The maximum atomic E-state index is 11.8. The van der Waals surface area contributed by atoms with E-state index in [0.717, 1.165) is 0 Å². The number of hydrogen-bond donors (Lipinski definition) is 0. The lowest BCUT2D eigenvalue weighted by atomic mass is 10.2. The molecule has 28 heavy (non-hydrogen) atoms. The molecule has 6 heteroatoms. The van der Waals surface area contributed by atoms with Crippen LogP contribution in [0.4, 0.5) is 0 Å². The van der Waals surface area contributed by atoms with Gasteiger partial charge in [-0.15, -0.1) is 0 Å². The van der Waals surface area contributed by atoms with Crippen molar-refractivity contribution in [3.63, 3.8) is 0 Å². The zero-order chi connectivity index (χ0) is 19.6. The smallest absolute Gasteiger partial charge is 0.316 e. The van der Waals surface area contributed by atoms with Gasteiger partial charge in [0, 0.05) is 0 Å². The van der Waals surface area contributed by atoms with Crippen LogP contribution in [0.15, 0.2) is 72.9 Å². The Morgan fingerprint density at radius 2 is 1.04 bits per heavy atom. The molecule has 0 saturated carbocycles. The highest BCUT2D eigenvalue weighted by atomic mass is 16.6. The van der Waals surface area contributed by atoms with Crippen molar-refractivity contribution < 1.29 is 28.5 Å². The van der Waals surface area contributed by atoms with Gasteiger partial charge in [0.1, 0.15) is 26.4 Å². The van der Waals surface area contributed by atoms with Crippen LogP contribution < -0.4 is 9.47 Å². The molecule has 0 unspecified atom stereocenters. The number of allylic oxidation sites excluding steroid dienone is 4. The molecular weight excluding hydrogens is 360 g/mol. The van der Waals surface area contributed by atoms with Crippen LogP contribution in [0.3, 0.4) is 0 Å². The molecule has 2 aliphatic carbocycles. The third kappa shape index (κ3) is 5.61. The number of esters is 2. The fraction of sp³-hybridized carbons (Fsp3) is 0.273. The second-order valence-electron chi connectivity index (χ2n) is 6.07. The molecule has 3 rings (SSSR count). The molecule has 0 atom stereocenters. The van der Waals surface area contributed by atoms with E-state index in [1.165, 1.54) is 0 Å². The summed E-state index contributed by atoms with van der Waals surface area (Å²) in [5, 5.41) is 0. The Morgan fingerprint density at radius 1 is 0.643 bits per heavy atom. The lowest BCUT2D eigenvalue weighted by Gasteiger charge is -2.13. The number of hydrogen-bond acceptors (Lipinski definition) is 6. The third-order valence-corrected chi connectivity index (χ3v) is 4.06. The van der Waals surface area contributed by atoms with Crippen LogP contribution in [0.25, 0.3) is 0 Å². The van der Waals surface area contributed by atoms with Crippen molar-refractivity contribution in [2.45, 2.75) is 0 Å². The summed E-state index contributed by atoms with van der Waals surface area (Å²) in [6.07, 6.45) is 14.4. The van der Waals surface area contributed by atoms with Crippen LogP contribution in [-0.2, 0) is 19.1 Å². The molecule has 1 aromatic carbocycles. The molecule has 0 N–H and O–H groups in total. The van der Waals surface area contributed by atoms with Gasteiger partial charge >= 0.3 is 11.9 Å². The van der Waals surface area contributed by atoms with E-state index >= 15 is 0 Å². The Morgan fingerprint density at radius 3 is 1.43 bits per heavy atom. The normalized spacial score (nSPS) is 15.1. The molecule has 0 bridgehead atoms. The summed E-state index contributed by atoms with van der Waals surface area (Å²) in [5.41, 5.74) is 0. The zero-order valence-corrected chi connectivity index (χ0v) is 15.4. The molecule has 0 spiro atoms. The van der Waals surface area contributed by atoms with E-state index in [-0.39, 0.29) is 50.2 Å². The highest BCUT2D eigenvalue weighted by Crippen LogP contribution is 2.26. The summed E-state index contributed by atoms with van der Waals surface area (Å²) in [6, 6.07) is 7.17. The average molecular weight is 382 g/mol. The van der Waals surface area contributed by atoms with E-state index in [0.29, 0.717) is 11.5 Å². The Hall–Kier alpha value is -3.28. The van der Waals surface area contributed by atoms with Crippen LogP contribution in [0.1, 0.15) is 0 Å². The van der Waals surface area contributed by atoms with Gasteiger partial charge in [-0.25, -0.2) is 0 Å². The molecule has 146 valence electrons. The number of para-hydroxylation sites is 2. The van der Waals surface area contributed by atoms with Gasteiger partial charge in [-0.1, -0.05) is 60.7 Å². The molecular formula is C22H22O6. The largest absolute Gasteiger partial charge is 0.486 e. The van der Waals surface area contributed by atoms with Crippen molar-refractivity contribution in [3.8, 4) is 11.5 Å². The van der Waals surface area contributed by atoms with Gasteiger partial charge in [-0.3, -0.25) is 9.59 Å². The van der Waals surface area contributed by atoms with Crippen LogP contribution >= 0.6 is 0 Å². The van der Waals surface area contributed by atoms with Crippen molar-refractivity contribution in [3.05, 3.63) is 72.9 Å². The Bertz CT molecular complexity index is 714. The predicted octanol–water partition coefficient (Wildman–Crippen LogP) is 3.02. The highest BCUT2D eigenvalue weighted by Gasteiger charge is 2.16. The number of benzene rings is 1. The minimum absolute atomic E-state index is 0.144. The fourth-order valence-electron chi connectivity index (χ4n) is 2.65. The van der Waals surface area contributed by atoms with E-state index < -0.39 is 0 Å². The van der Waals surface area contributed by atoms with E-state index in [4.69, 9.17) is 18.9 Å². The van der Waals surface area contributed by atoms with Crippen LogP contribution in [-0.4, -0.2) is 38.4 Å². The van der Waals surface area contributed by atoms with Crippen molar-refractivity contribution in [2.75, 3.05) is 26.4 Å². The molecule has 1 aromatic rings. The number of rotatable bonds is 10. The summed E-state index contributed by atoms with van der Waals surface area (Å²) in [7, 11) is 0. The number of carbonyl (C=O) groups excluding carboxylic acids is 2. The molecule has 0 amide bonds. The lowest BCUT2D eigenvalue weighted by molar-refractivity contribution is -0.147. The molecule has 0 fully saturated rings. The van der Waals surface area contributed by atoms with Gasteiger partial charge in [0.2, 0.25) is 0 Å². The standard InChI is InChI=1S/C22H22O6/c23-21(17-7-1-2-8-17)27-15-13-25-19-11-5-6-12-20(19)26-14-16-28-22(24)18-9-3-4-10-18/h1-12,17-18H,13-16H2. The molecule has 0 heterocycles. The van der Waals surface area contributed by atoms with Gasteiger partial charge in [-0.05, 0) is 12.1 Å². The topological polar surface area (TPSA) is 71.1 Å². The lowest BCUT2D eigenvalue weighted by Crippen LogP contribution is -2.18. The van der Waals surface area contributed by atoms with Crippen LogP contribution in [0.5, 0.6) is 11.5 Å². The van der Waals surface area contributed by atoms with Gasteiger partial charge in [0.25, 0.3) is 0 Å². The van der Waals surface area contributed by atoms with Gasteiger partial charge in [0.05, 0.1) is 11.8 Å². The van der Waals surface area contributed by atoms with Gasteiger partial charge < -0.3 is 18.9 Å². The second kappa shape index (κ2) is 10.2. The van der Waals surface area contributed by atoms with Crippen molar-refractivity contribution in [1.82, 2.24) is 0 Å². The Labute approximate surface area is 163 Å². The first-order valence-electron chi connectivity index (χ1n) is 9.12. The summed E-state index contributed by atoms with van der Waals surface area (Å²) in [6.45, 7) is 0.708. The quantitative estimate of drug-likeness (QED) is 0.458. The summed E-state index contributed by atoms with van der Waals surface area (Å²) in [4.78, 5) is 23.6. The molecule has 0 aromatic heterocycles. The van der Waals surface area contributed by atoms with Crippen LogP contribution in [0, 0.1) is 11.8 Å². The molecule has 0 radical (unpaired) electrons. The van der Waals surface area contributed by atoms with Crippen molar-refractivity contribution >= 4 is 11.9 Å². The predicted molar refractivity (Wildman–Crippen MR) is 103 cm³/mol. The summed E-state index contributed by atoms with van der Waals surface area (Å²) < 4.78 is 21.7. The molecule has 6 nitrogen and oxygen atoms in total. The Balaban J connectivity index is 1.36. The van der Waals surface area contributed by atoms with Gasteiger partial charge in [0.15, 0.2) is 11.5 Å². The fourth-order valence-corrected chi connectivity index (χ4v) is 2.65. The monoisotopic (exact) mass is 382 g/mol. The first-order valence-corrected chi connectivity index (χ1v) is 9.12. The molecule has 0 saturated heterocycles. The van der Waals surface area contributed by atoms with E-state index in [1.54, 1.807) is 36.4 Å². The number of carbonyl (C=O) groups is 2. The van der Waals surface area contributed by atoms with Crippen LogP contribution in [0.2, 0.25) is 0 Å². The van der Waals surface area contributed by atoms with E-state index in [2.05, 4.69) is 0 Å². The molecule has 0 aliphatic heterocycles. The minimum Gasteiger partial charge on any atom is -0.486 e. The van der Waals surface area contributed by atoms with Crippen molar-refractivity contribution in [2.24, 2.45) is 11.8 Å². The maximum Gasteiger partial charge on any atom is 0.316 e. The van der Waals surface area contributed by atoms with E-state index in [1.807, 2.05) is 36.4 Å². The summed E-state index contributed by atoms with van der Waals surface area (Å²) in [5.74, 6) is -0.153. The Kier molecular flexibility index (Phi) is 7.07. The maximum absolute atomic E-state index is 11.8. The third-order valence-electron chi connectivity index (χ3n) is 4.06. The SMILES string of the molecule is O=C(OCCOc1ccccc1OCCOC(=O)C1C=CC=C1)C1C=CC=C1. The first-order chi connectivity index (χ1) is 13.7. The average Bonchev–Trinajstić information content (AvgIpc) is 3.43. The van der Waals surface area contributed by atoms with Crippen molar-refractivity contribution in [1.29, 1.82) is 0 Å². The summed E-state index contributed by atoms with van der Waals surface area (Å²) >= 11 is 0. The first kappa shape index (κ1) is 19.5. The zero-order valence-electron chi connectivity index (χ0n) is 15.4. The van der Waals surface area contributed by atoms with E-state index in [9.17, 15) is 9.59 Å². The van der Waals surface area contributed by atoms with Gasteiger partial charge in [-0.2, -0.15) is 0 Å². The second-order valence-corrected chi connectivity index (χ2v) is 6.07. The molecule has 2 aliphatic rings.